The lowest BCUT2D eigenvalue weighted by Gasteiger charge is -2.33. The fourth-order valence-electron chi connectivity index (χ4n) is 10.6. The van der Waals surface area contributed by atoms with Gasteiger partial charge in [0.1, 0.15) is 22.1 Å². The molecule has 10 rings (SSSR count). The SMILES string of the molecule is C.C.CCCCCCCCC1(CCCCCCCC)c2cc(C)ccc2-c2ccc(-c3ccc(-c4c5nsnc5c(-c5ccc(C)s5)c5nc(-c6ccccc6)c(-c6ccccc6)nc45)s3)cc21. The third-order valence-electron chi connectivity index (χ3n) is 14.0. The van der Waals surface area contributed by atoms with Crippen molar-refractivity contribution in [1.29, 1.82) is 0 Å². The number of nitrogens with zero attached hydrogens (tertiary/aromatic N) is 4. The van der Waals surface area contributed by atoms with Gasteiger partial charge in [-0.1, -0.05) is 202 Å². The second-order valence-corrected chi connectivity index (χ2v) is 21.5. The maximum atomic E-state index is 5.69. The van der Waals surface area contributed by atoms with Gasteiger partial charge in [0.15, 0.2) is 0 Å². The van der Waals surface area contributed by atoms with E-state index in [4.69, 9.17) is 18.7 Å². The zero-order chi connectivity index (χ0) is 45.0. The van der Waals surface area contributed by atoms with Crippen LogP contribution in [-0.4, -0.2) is 18.7 Å². The molecule has 4 aromatic heterocycles. The highest BCUT2D eigenvalue weighted by atomic mass is 32.1. The fraction of sp³-hybridized carbons (Fsp3) is 0.344. The third kappa shape index (κ3) is 9.51. The van der Waals surface area contributed by atoms with Crippen molar-refractivity contribution in [2.24, 2.45) is 0 Å². The number of thiophene rings is 2. The van der Waals surface area contributed by atoms with Crippen LogP contribution in [0, 0.1) is 13.8 Å². The molecule has 0 spiro atoms. The van der Waals surface area contributed by atoms with Crippen molar-refractivity contribution in [3.63, 3.8) is 0 Å². The Bertz CT molecular complexity index is 3090. The predicted octanol–water partition coefficient (Wildman–Crippen LogP) is 19.7. The number of hydrogen-bond donors (Lipinski definition) is 0. The molecule has 0 saturated carbocycles. The Labute approximate surface area is 418 Å². The van der Waals surface area contributed by atoms with E-state index in [9.17, 15) is 0 Å². The summed E-state index contributed by atoms with van der Waals surface area (Å²) in [5.41, 5.74) is 18.0. The molecule has 4 nitrogen and oxygen atoms in total. The Morgan fingerprint density at radius 2 is 0.926 bits per heavy atom. The minimum atomic E-state index is 0. The Hall–Kier alpha value is -5.34. The van der Waals surface area contributed by atoms with E-state index in [0.717, 1.165) is 65.5 Å². The van der Waals surface area contributed by atoms with Crippen molar-refractivity contribution >= 4 is 56.5 Å². The maximum Gasteiger partial charge on any atom is 0.116 e. The number of rotatable bonds is 19. The molecule has 0 saturated heterocycles. The van der Waals surface area contributed by atoms with Crippen LogP contribution < -0.4 is 0 Å². The largest absolute Gasteiger partial charge is 0.243 e. The van der Waals surface area contributed by atoms with Gasteiger partial charge < -0.3 is 0 Å². The van der Waals surface area contributed by atoms with Crippen LogP contribution in [0.1, 0.15) is 140 Å². The van der Waals surface area contributed by atoms with Crippen LogP contribution in [0.2, 0.25) is 0 Å². The number of fused-ring (bicyclic) bond motifs is 5. The first kappa shape index (κ1) is 49.1. The van der Waals surface area contributed by atoms with Gasteiger partial charge in [-0.05, 0) is 84.8 Å². The normalized spacial score (nSPS) is 12.5. The maximum absolute atomic E-state index is 5.69. The summed E-state index contributed by atoms with van der Waals surface area (Å²) < 4.78 is 10.1. The molecule has 350 valence electrons. The van der Waals surface area contributed by atoms with Crippen LogP contribution in [0.15, 0.2) is 121 Å². The Morgan fingerprint density at radius 1 is 0.441 bits per heavy atom. The molecule has 68 heavy (non-hydrogen) atoms. The van der Waals surface area contributed by atoms with Crippen LogP contribution in [0.25, 0.3) is 87.0 Å². The lowest BCUT2D eigenvalue weighted by atomic mass is 9.70. The Balaban J connectivity index is 0.00000312. The van der Waals surface area contributed by atoms with Crippen LogP contribution in [-0.2, 0) is 5.41 Å². The number of benzene rings is 5. The summed E-state index contributed by atoms with van der Waals surface area (Å²) in [6.07, 6.45) is 18.2. The zero-order valence-electron chi connectivity index (χ0n) is 39.0. The molecule has 0 unspecified atom stereocenters. The second kappa shape index (κ2) is 22.0. The van der Waals surface area contributed by atoms with Crippen molar-refractivity contribution in [2.75, 3.05) is 0 Å². The quantitative estimate of drug-likeness (QED) is 0.0758. The minimum Gasteiger partial charge on any atom is -0.243 e. The summed E-state index contributed by atoms with van der Waals surface area (Å²) in [6, 6.07) is 44.7. The first-order valence-corrected chi connectivity index (χ1v) is 26.9. The molecule has 0 radical (unpaired) electrons. The van der Waals surface area contributed by atoms with E-state index in [1.165, 1.54) is 139 Å². The van der Waals surface area contributed by atoms with Gasteiger partial charge in [-0.3, -0.25) is 0 Å². The average Bonchev–Trinajstić information content (AvgIpc) is 4.18. The monoisotopic (exact) mass is 952 g/mol. The second-order valence-electron chi connectivity index (χ2n) is 18.6. The number of hydrogen-bond acceptors (Lipinski definition) is 7. The van der Waals surface area contributed by atoms with E-state index in [1.807, 2.05) is 11.3 Å². The van der Waals surface area contributed by atoms with Crippen molar-refractivity contribution in [1.82, 2.24) is 18.7 Å². The Kier molecular flexibility index (Phi) is 15.9. The molecule has 1 aliphatic rings. The molecule has 0 aliphatic heterocycles. The molecule has 9 aromatic rings. The zero-order valence-corrected chi connectivity index (χ0v) is 41.4. The highest BCUT2D eigenvalue weighted by Gasteiger charge is 2.42. The number of aryl methyl sites for hydroxylation is 2. The first-order chi connectivity index (χ1) is 32.5. The highest BCUT2D eigenvalue weighted by Crippen LogP contribution is 2.56. The van der Waals surface area contributed by atoms with Crippen LogP contribution >= 0.6 is 34.4 Å². The van der Waals surface area contributed by atoms with E-state index >= 15 is 0 Å². The predicted molar refractivity (Wildman–Crippen MR) is 299 cm³/mol. The van der Waals surface area contributed by atoms with Gasteiger partial charge in [-0.15, -0.1) is 22.7 Å². The summed E-state index contributed by atoms with van der Waals surface area (Å²) in [5, 5.41) is 0. The van der Waals surface area contributed by atoms with E-state index in [2.05, 4.69) is 149 Å². The molecule has 0 amide bonds. The number of aromatic nitrogens is 4. The van der Waals surface area contributed by atoms with Crippen molar-refractivity contribution in [3.05, 3.63) is 143 Å². The summed E-state index contributed by atoms with van der Waals surface area (Å²) in [6.45, 7) is 9.08. The smallest absolute Gasteiger partial charge is 0.116 e. The molecular weight excluding hydrogens is 885 g/mol. The summed E-state index contributed by atoms with van der Waals surface area (Å²) in [5.74, 6) is 0. The third-order valence-corrected chi connectivity index (χ3v) is 16.7. The van der Waals surface area contributed by atoms with Gasteiger partial charge in [0.2, 0.25) is 0 Å². The highest BCUT2D eigenvalue weighted by molar-refractivity contribution is 7.19. The Morgan fingerprint density at radius 3 is 1.47 bits per heavy atom. The van der Waals surface area contributed by atoms with Gasteiger partial charge in [0.25, 0.3) is 0 Å². The van der Waals surface area contributed by atoms with E-state index < -0.39 is 0 Å². The summed E-state index contributed by atoms with van der Waals surface area (Å²) >= 11 is 4.89. The molecule has 0 fully saturated rings. The van der Waals surface area contributed by atoms with Crippen molar-refractivity contribution < 1.29 is 0 Å². The van der Waals surface area contributed by atoms with Crippen LogP contribution in [0.5, 0.6) is 0 Å². The molecule has 5 aromatic carbocycles. The van der Waals surface area contributed by atoms with Crippen LogP contribution in [0.4, 0.5) is 0 Å². The van der Waals surface area contributed by atoms with Gasteiger partial charge >= 0.3 is 0 Å². The molecule has 4 heterocycles. The van der Waals surface area contributed by atoms with E-state index in [0.29, 0.717) is 0 Å². The van der Waals surface area contributed by atoms with Gasteiger partial charge in [0, 0.05) is 47.2 Å². The molecule has 1 aliphatic carbocycles. The fourth-order valence-corrected chi connectivity index (χ4v) is 13.1. The van der Waals surface area contributed by atoms with E-state index in [1.54, 1.807) is 16.9 Å². The van der Waals surface area contributed by atoms with Crippen molar-refractivity contribution in [2.45, 2.75) is 138 Å². The molecule has 7 heteroatoms. The average molecular weight is 953 g/mol. The minimum absolute atomic E-state index is 0. The van der Waals surface area contributed by atoms with Gasteiger partial charge in [-0.2, -0.15) is 8.75 Å². The van der Waals surface area contributed by atoms with E-state index in [-0.39, 0.29) is 20.3 Å². The lowest BCUT2D eigenvalue weighted by Crippen LogP contribution is -2.25. The summed E-state index contributed by atoms with van der Waals surface area (Å²) in [7, 11) is 0. The standard InChI is InChI=1S/C59H60N4S3.2CH4/c1-5-7-9-11-13-21-35-59(36-22-14-12-10-8-6-2)46-37-39(3)27-30-44(46)45-31-29-43(38-47(45)59)48-33-34-50(65-48)52-56-55(51(49-32-28-40(4)64-49)57-58(52)63-66-62-57)60-53(41-23-17-15-18-24-41)54(61-56)42-25-19-16-20-26-42;;/h15-20,23-34,37-38H,5-14,21-22,35-36H2,1-4H3;2*1H4. The summed E-state index contributed by atoms with van der Waals surface area (Å²) in [4.78, 5) is 16.1. The van der Waals surface area contributed by atoms with Gasteiger partial charge in [0.05, 0.1) is 23.1 Å². The molecular formula is C61H68N4S3. The molecule has 0 atom stereocenters. The first-order valence-electron chi connectivity index (χ1n) is 24.5. The van der Waals surface area contributed by atoms with Crippen molar-refractivity contribution in [3.8, 4) is 65.0 Å². The van der Waals surface area contributed by atoms with Gasteiger partial charge in [-0.25, -0.2) is 9.97 Å². The molecule has 0 bridgehead atoms. The topological polar surface area (TPSA) is 51.6 Å². The van der Waals surface area contributed by atoms with Crippen LogP contribution in [0.3, 0.4) is 0 Å². The molecule has 0 N–H and O–H groups in total. The number of unbranched alkanes of at least 4 members (excludes halogenated alkanes) is 10. The lowest BCUT2D eigenvalue weighted by molar-refractivity contribution is 0.398.